The van der Waals surface area contributed by atoms with Crippen molar-refractivity contribution in [2.75, 3.05) is 17.2 Å². The fourth-order valence-electron chi connectivity index (χ4n) is 2.40. The van der Waals surface area contributed by atoms with Crippen molar-refractivity contribution >= 4 is 29.0 Å². The van der Waals surface area contributed by atoms with Gasteiger partial charge >= 0.3 is 0 Å². The summed E-state index contributed by atoms with van der Waals surface area (Å²) >= 11 is 5.95. The molecule has 0 aliphatic rings. The van der Waals surface area contributed by atoms with Crippen LogP contribution in [-0.4, -0.2) is 22.4 Å². The molecule has 0 spiro atoms. The highest BCUT2D eigenvalue weighted by Gasteiger charge is 2.15. The van der Waals surface area contributed by atoms with Gasteiger partial charge in [-0.2, -0.15) is 0 Å². The van der Waals surface area contributed by atoms with Crippen LogP contribution in [0.4, 0.5) is 20.3 Å². The number of para-hydroxylation sites is 1. The molecule has 0 radical (unpaired) electrons. The molecule has 1 amide bonds. The molecule has 0 unspecified atom stereocenters. The van der Waals surface area contributed by atoms with Crippen LogP contribution < -0.4 is 10.6 Å². The maximum Gasteiger partial charge on any atom is 0.274 e. The highest BCUT2D eigenvalue weighted by atomic mass is 35.5. The number of hydrogen-bond donors (Lipinski definition) is 2. The van der Waals surface area contributed by atoms with E-state index < -0.39 is 23.2 Å². The van der Waals surface area contributed by atoms with Gasteiger partial charge in [0, 0.05) is 17.6 Å². The zero-order chi connectivity index (χ0) is 19.2. The summed E-state index contributed by atoms with van der Waals surface area (Å²) in [6, 6.07) is 12.2. The van der Waals surface area contributed by atoms with Crippen LogP contribution in [-0.2, 0) is 6.42 Å². The molecule has 0 saturated carbocycles. The first-order valence-electron chi connectivity index (χ1n) is 8.08. The highest BCUT2D eigenvalue weighted by molar-refractivity contribution is 6.30. The Balaban J connectivity index is 1.63. The second-order valence-electron chi connectivity index (χ2n) is 5.65. The fraction of sp³-hybridized carbons (Fsp3) is 0.105. The molecule has 3 rings (SSSR count). The first-order chi connectivity index (χ1) is 13.0. The second-order valence-corrected chi connectivity index (χ2v) is 6.08. The molecule has 0 aliphatic heterocycles. The van der Waals surface area contributed by atoms with E-state index >= 15 is 0 Å². The molecule has 5 nitrogen and oxygen atoms in total. The number of halogens is 3. The molecular formula is C19H15ClF2N4O. The molecule has 0 bridgehead atoms. The standard InChI is InChI=1S/C19H15ClF2N4O/c20-13-4-1-3-12(9-13)7-8-23-17-10-16(24-11-25-17)19(27)26-18-14(21)5-2-6-15(18)22/h1-6,9-11H,7-8H2,(H,26,27)(H,23,24,25). The quantitative estimate of drug-likeness (QED) is 0.660. The summed E-state index contributed by atoms with van der Waals surface area (Å²) in [6.07, 6.45) is 1.90. The largest absolute Gasteiger partial charge is 0.370 e. The van der Waals surface area contributed by atoms with Gasteiger partial charge in [-0.25, -0.2) is 18.7 Å². The SMILES string of the molecule is O=C(Nc1c(F)cccc1F)c1cc(NCCc2cccc(Cl)c2)ncn1. The molecule has 0 atom stereocenters. The Labute approximate surface area is 159 Å². The van der Waals surface area contributed by atoms with E-state index in [-0.39, 0.29) is 5.69 Å². The van der Waals surface area contributed by atoms with E-state index in [1.807, 2.05) is 18.2 Å². The van der Waals surface area contributed by atoms with Gasteiger partial charge in [0.1, 0.15) is 35.2 Å². The molecule has 0 saturated heterocycles. The number of carbonyl (C=O) groups excluding carboxylic acids is 1. The van der Waals surface area contributed by atoms with Gasteiger partial charge in [-0.05, 0) is 36.2 Å². The molecule has 138 valence electrons. The van der Waals surface area contributed by atoms with Crippen molar-refractivity contribution in [3.8, 4) is 0 Å². The molecule has 1 aromatic heterocycles. The Morgan fingerprint density at radius 1 is 1.04 bits per heavy atom. The van der Waals surface area contributed by atoms with Gasteiger partial charge in [0.25, 0.3) is 5.91 Å². The van der Waals surface area contributed by atoms with Gasteiger partial charge in [0.15, 0.2) is 0 Å². The normalized spacial score (nSPS) is 10.5. The van der Waals surface area contributed by atoms with E-state index in [1.165, 1.54) is 18.5 Å². The summed E-state index contributed by atoms with van der Waals surface area (Å²) in [5, 5.41) is 5.92. The Hall–Kier alpha value is -3.06. The van der Waals surface area contributed by atoms with E-state index in [0.29, 0.717) is 23.8 Å². The summed E-state index contributed by atoms with van der Waals surface area (Å²) in [6.45, 7) is 0.556. The van der Waals surface area contributed by atoms with Crippen molar-refractivity contribution in [2.45, 2.75) is 6.42 Å². The summed E-state index contributed by atoms with van der Waals surface area (Å²) in [5.41, 5.74) is 0.520. The Kier molecular flexibility index (Phi) is 5.93. The number of nitrogens with zero attached hydrogens (tertiary/aromatic N) is 2. The average Bonchev–Trinajstić information content (AvgIpc) is 2.65. The number of benzene rings is 2. The van der Waals surface area contributed by atoms with E-state index in [0.717, 1.165) is 17.7 Å². The van der Waals surface area contributed by atoms with Crippen LogP contribution in [0, 0.1) is 11.6 Å². The first-order valence-corrected chi connectivity index (χ1v) is 8.46. The first kappa shape index (κ1) is 18.7. The molecule has 2 aromatic carbocycles. The highest BCUT2D eigenvalue weighted by Crippen LogP contribution is 2.19. The van der Waals surface area contributed by atoms with Gasteiger partial charge in [0.05, 0.1) is 0 Å². The van der Waals surface area contributed by atoms with Crippen LogP contribution >= 0.6 is 11.6 Å². The Morgan fingerprint density at radius 3 is 2.52 bits per heavy atom. The van der Waals surface area contributed by atoms with E-state index in [1.54, 1.807) is 6.07 Å². The minimum atomic E-state index is -0.864. The van der Waals surface area contributed by atoms with Gasteiger partial charge in [-0.15, -0.1) is 0 Å². The lowest BCUT2D eigenvalue weighted by molar-refractivity contribution is 0.102. The van der Waals surface area contributed by atoms with Crippen molar-refractivity contribution in [1.82, 2.24) is 9.97 Å². The number of aromatic nitrogens is 2. The van der Waals surface area contributed by atoms with Crippen LogP contribution in [0.3, 0.4) is 0 Å². The van der Waals surface area contributed by atoms with E-state index in [4.69, 9.17) is 11.6 Å². The van der Waals surface area contributed by atoms with Gasteiger partial charge in [0.2, 0.25) is 0 Å². The smallest absolute Gasteiger partial charge is 0.274 e. The average molecular weight is 389 g/mol. The lowest BCUT2D eigenvalue weighted by Crippen LogP contribution is -2.17. The van der Waals surface area contributed by atoms with Crippen molar-refractivity contribution in [1.29, 1.82) is 0 Å². The predicted octanol–water partition coefficient (Wildman–Crippen LogP) is 4.32. The van der Waals surface area contributed by atoms with Crippen molar-refractivity contribution < 1.29 is 13.6 Å². The molecule has 0 aliphatic carbocycles. The number of carbonyl (C=O) groups is 1. The van der Waals surface area contributed by atoms with Crippen LogP contribution in [0.1, 0.15) is 16.1 Å². The molecule has 1 heterocycles. The third-order valence-electron chi connectivity index (χ3n) is 3.71. The monoisotopic (exact) mass is 388 g/mol. The van der Waals surface area contributed by atoms with Gasteiger partial charge in [-0.1, -0.05) is 29.8 Å². The van der Waals surface area contributed by atoms with Crippen LogP contribution in [0.2, 0.25) is 5.02 Å². The number of nitrogens with one attached hydrogen (secondary N) is 2. The molecule has 8 heteroatoms. The number of rotatable bonds is 6. The predicted molar refractivity (Wildman–Crippen MR) is 100.0 cm³/mol. The maximum atomic E-state index is 13.7. The van der Waals surface area contributed by atoms with Crippen molar-refractivity contribution in [3.63, 3.8) is 0 Å². The van der Waals surface area contributed by atoms with Crippen molar-refractivity contribution in [2.24, 2.45) is 0 Å². The van der Waals surface area contributed by atoms with E-state index in [2.05, 4.69) is 20.6 Å². The van der Waals surface area contributed by atoms with Crippen molar-refractivity contribution in [3.05, 3.63) is 82.8 Å². The fourth-order valence-corrected chi connectivity index (χ4v) is 2.61. The minimum absolute atomic E-state index is 0.0158. The number of anilines is 2. The topological polar surface area (TPSA) is 66.9 Å². The maximum absolute atomic E-state index is 13.7. The number of hydrogen-bond acceptors (Lipinski definition) is 4. The van der Waals surface area contributed by atoms with Crippen LogP contribution in [0.25, 0.3) is 0 Å². The summed E-state index contributed by atoms with van der Waals surface area (Å²) in [4.78, 5) is 20.1. The van der Waals surface area contributed by atoms with Gasteiger partial charge < -0.3 is 10.6 Å². The van der Waals surface area contributed by atoms with E-state index in [9.17, 15) is 13.6 Å². The lowest BCUT2D eigenvalue weighted by Gasteiger charge is -2.09. The molecule has 3 aromatic rings. The zero-order valence-corrected chi connectivity index (χ0v) is 14.8. The third-order valence-corrected chi connectivity index (χ3v) is 3.94. The molecule has 0 fully saturated rings. The molecule has 2 N–H and O–H groups in total. The van der Waals surface area contributed by atoms with Gasteiger partial charge in [-0.3, -0.25) is 4.79 Å². The lowest BCUT2D eigenvalue weighted by atomic mass is 10.1. The minimum Gasteiger partial charge on any atom is -0.370 e. The molecule has 27 heavy (non-hydrogen) atoms. The van der Waals surface area contributed by atoms with Crippen LogP contribution in [0.15, 0.2) is 54.9 Å². The summed E-state index contributed by atoms with van der Waals surface area (Å²) in [5.74, 6) is -2.04. The zero-order valence-electron chi connectivity index (χ0n) is 14.0. The second kappa shape index (κ2) is 8.55. The molecular weight excluding hydrogens is 374 g/mol. The summed E-state index contributed by atoms with van der Waals surface area (Å²) in [7, 11) is 0. The third kappa shape index (κ3) is 4.98. The number of amides is 1. The summed E-state index contributed by atoms with van der Waals surface area (Å²) < 4.78 is 27.3. The Bertz CT molecular complexity index is 948. The Morgan fingerprint density at radius 2 is 1.78 bits per heavy atom. The van der Waals surface area contributed by atoms with Crippen LogP contribution in [0.5, 0.6) is 0 Å².